The van der Waals surface area contributed by atoms with Crippen LogP contribution < -0.4 is 4.90 Å². The molecule has 3 aliphatic rings. The molecule has 2 atom stereocenters. The van der Waals surface area contributed by atoms with Gasteiger partial charge in [0.2, 0.25) is 11.8 Å². The molecule has 9 heteroatoms. The first-order valence-electron chi connectivity index (χ1n) is 8.45. The molecule has 3 saturated heterocycles. The first kappa shape index (κ1) is 18.5. The van der Waals surface area contributed by atoms with Crippen molar-refractivity contribution < 1.29 is 22.8 Å². The molecule has 2 amide bonds. The SMILES string of the molecule is CN(C)C(=O)CN1C(=O)[C@H]2CC[C@@H]1CN(c1cc(C(F)(F)F)ccn1)C2. The Morgan fingerprint density at radius 1 is 1.31 bits per heavy atom. The van der Waals surface area contributed by atoms with Gasteiger partial charge >= 0.3 is 6.18 Å². The lowest BCUT2D eigenvalue weighted by atomic mass is 9.94. The molecule has 0 saturated carbocycles. The number of amides is 2. The maximum Gasteiger partial charge on any atom is 0.416 e. The number of likely N-dealkylation sites (N-methyl/N-ethyl adjacent to an activating group) is 1. The minimum absolute atomic E-state index is 0.00312. The van der Waals surface area contributed by atoms with Crippen LogP contribution in [-0.2, 0) is 15.8 Å². The van der Waals surface area contributed by atoms with Gasteiger partial charge in [0.1, 0.15) is 12.4 Å². The van der Waals surface area contributed by atoms with Crippen molar-refractivity contribution in [3.05, 3.63) is 23.9 Å². The number of carbonyl (C=O) groups excluding carboxylic acids is 2. The highest BCUT2D eigenvalue weighted by Gasteiger charge is 2.42. The van der Waals surface area contributed by atoms with Crippen LogP contribution in [0.4, 0.5) is 19.0 Å². The topological polar surface area (TPSA) is 56.8 Å². The van der Waals surface area contributed by atoms with Crippen molar-refractivity contribution in [3.8, 4) is 0 Å². The Kier molecular flexibility index (Phi) is 4.81. The number of fused-ring (bicyclic) bond motifs is 4. The van der Waals surface area contributed by atoms with Crippen LogP contribution in [0.1, 0.15) is 18.4 Å². The molecule has 1 aromatic rings. The first-order chi connectivity index (χ1) is 12.2. The Bertz CT molecular complexity index is 707. The number of halogens is 3. The van der Waals surface area contributed by atoms with Crippen LogP contribution in [0, 0.1) is 5.92 Å². The summed E-state index contributed by atoms with van der Waals surface area (Å²) >= 11 is 0. The summed E-state index contributed by atoms with van der Waals surface area (Å²) in [6.45, 7) is 0.685. The second kappa shape index (κ2) is 6.77. The average Bonchev–Trinajstić information content (AvgIpc) is 2.87. The summed E-state index contributed by atoms with van der Waals surface area (Å²) in [5, 5.41) is 0. The average molecular weight is 370 g/mol. The van der Waals surface area contributed by atoms with E-state index in [-0.39, 0.29) is 36.1 Å². The molecule has 0 radical (unpaired) electrons. The van der Waals surface area contributed by atoms with Crippen LogP contribution >= 0.6 is 0 Å². The molecule has 0 aromatic carbocycles. The normalized spacial score (nSPS) is 23.2. The summed E-state index contributed by atoms with van der Waals surface area (Å²) in [5.74, 6) is -0.397. The van der Waals surface area contributed by atoms with E-state index in [2.05, 4.69) is 4.98 Å². The number of hydrogen-bond donors (Lipinski definition) is 0. The van der Waals surface area contributed by atoms with E-state index in [0.717, 1.165) is 24.8 Å². The van der Waals surface area contributed by atoms with E-state index in [1.54, 1.807) is 23.9 Å². The van der Waals surface area contributed by atoms with Gasteiger partial charge in [-0.25, -0.2) is 4.98 Å². The Hall–Kier alpha value is -2.32. The van der Waals surface area contributed by atoms with Crippen molar-refractivity contribution in [2.75, 3.05) is 38.6 Å². The largest absolute Gasteiger partial charge is 0.416 e. The number of rotatable bonds is 3. The monoisotopic (exact) mass is 370 g/mol. The fourth-order valence-corrected chi connectivity index (χ4v) is 3.49. The third kappa shape index (κ3) is 3.61. The van der Waals surface area contributed by atoms with E-state index in [4.69, 9.17) is 0 Å². The van der Waals surface area contributed by atoms with Crippen molar-refractivity contribution in [3.63, 3.8) is 0 Å². The van der Waals surface area contributed by atoms with E-state index in [1.165, 1.54) is 4.90 Å². The van der Waals surface area contributed by atoms with Gasteiger partial charge < -0.3 is 14.7 Å². The van der Waals surface area contributed by atoms with Gasteiger partial charge in [0.15, 0.2) is 0 Å². The Labute approximate surface area is 149 Å². The highest BCUT2D eigenvalue weighted by atomic mass is 19.4. The van der Waals surface area contributed by atoms with Gasteiger partial charge in [0.25, 0.3) is 0 Å². The van der Waals surface area contributed by atoms with Gasteiger partial charge in [-0.2, -0.15) is 13.2 Å². The predicted octanol–water partition coefficient (Wildman–Crippen LogP) is 1.62. The highest BCUT2D eigenvalue weighted by molar-refractivity contribution is 5.87. The summed E-state index contributed by atoms with van der Waals surface area (Å²) in [7, 11) is 3.25. The molecule has 0 spiro atoms. The summed E-state index contributed by atoms with van der Waals surface area (Å²) < 4.78 is 38.9. The second-order valence-corrected chi connectivity index (χ2v) is 6.99. The lowest BCUT2D eigenvalue weighted by Gasteiger charge is -2.35. The van der Waals surface area contributed by atoms with E-state index in [9.17, 15) is 22.8 Å². The Morgan fingerprint density at radius 3 is 2.69 bits per heavy atom. The number of pyridine rings is 1. The number of piperidine rings is 1. The molecule has 142 valence electrons. The standard InChI is InChI=1S/C17H21F3N4O2/c1-22(2)15(25)10-24-13-4-3-11(16(24)26)8-23(9-13)14-7-12(5-6-21-14)17(18,19)20/h5-7,11,13H,3-4,8-10H2,1-2H3/t11-,13+/m0/s1. The Morgan fingerprint density at radius 2 is 2.04 bits per heavy atom. The van der Waals surface area contributed by atoms with Crippen molar-refractivity contribution in [2.45, 2.75) is 25.1 Å². The van der Waals surface area contributed by atoms with E-state index in [0.29, 0.717) is 19.5 Å². The zero-order valence-corrected chi connectivity index (χ0v) is 14.7. The lowest BCUT2D eigenvalue weighted by Crippen LogP contribution is -2.51. The minimum Gasteiger partial charge on any atom is -0.354 e. The van der Waals surface area contributed by atoms with Gasteiger partial charge in [-0.05, 0) is 25.0 Å². The number of anilines is 1. The molecule has 0 unspecified atom stereocenters. The summed E-state index contributed by atoms with van der Waals surface area (Å²) in [6, 6.07) is 1.75. The van der Waals surface area contributed by atoms with E-state index < -0.39 is 11.7 Å². The van der Waals surface area contributed by atoms with E-state index >= 15 is 0 Å². The van der Waals surface area contributed by atoms with Crippen molar-refractivity contribution in [2.24, 2.45) is 5.92 Å². The molecule has 1 aromatic heterocycles. The van der Waals surface area contributed by atoms with E-state index in [1.807, 2.05) is 0 Å². The second-order valence-electron chi connectivity index (χ2n) is 6.99. The van der Waals surface area contributed by atoms with Gasteiger partial charge in [-0.1, -0.05) is 0 Å². The molecule has 3 fully saturated rings. The number of hydrogen-bond acceptors (Lipinski definition) is 4. The first-order valence-corrected chi connectivity index (χ1v) is 8.45. The molecule has 4 heterocycles. The molecular weight excluding hydrogens is 349 g/mol. The number of alkyl halides is 3. The highest BCUT2D eigenvalue weighted by Crippen LogP contribution is 2.34. The molecule has 0 aliphatic carbocycles. The number of carbonyl (C=O) groups is 2. The zero-order chi connectivity index (χ0) is 19.1. The molecule has 3 aliphatic heterocycles. The van der Waals surface area contributed by atoms with Crippen LogP contribution in [-0.4, -0.2) is 66.4 Å². The summed E-state index contributed by atoms with van der Waals surface area (Å²) in [5.41, 5.74) is -0.759. The van der Waals surface area contributed by atoms with Gasteiger partial charge in [0.05, 0.1) is 11.5 Å². The quantitative estimate of drug-likeness (QED) is 0.811. The van der Waals surface area contributed by atoms with Gasteiger partial charge in [-0.15, -0.1) is 0 Å². The van der Waals surface area contributed by atoms with Crippen LogP contribution in [0.3, 0.4) is 0 Å². The van der Waals surface area contributed by atoms with Crippen LogP contribution in [0.25, 0.3) is 0 Å². The smallest absolute Gasteiger partial charge is 0.354 e. The molecule has 2 bridgehead atoms. The van der Waals surface area contributed by atoms with Crippen LogP contribution in [0.2, 0.25) is 0 Å². The summed E-state index contributed by atoms with van der Waals surface area (Å²) in [6.07, 6.45) is -1.90. The minimum atomic E-state index is -4.44. The van der Waals surface area contributed by atoms with Crippen molar-refractivity contribution >= 4 is 17.6 Å². The van der Waals surface area contributed by atoms with Crippen LogP contribution in [0.5, 0.6) is 0 Å². The molecule has 0 N–H and O–H groups in total. The van der Waals surface area contributed by atoms with Crippen LogP contribution in [0.15, 0.2) is 18.3 Å². The Balaban J connectivity index is 1.84. The van der Waals surface area contributed by atoms with Crippen molar-refractivity contribution in [1.29, 1.82) is 0 Å². The maximum atomic E-state index is 13.0. The fourth-order valence-electron chi connectivity index (χ4n) is 3.49. The predicted molar refractivity (Wildman–Crippen MR) is 88.4 cm³/mol. The van der Waals surface area contributed by atoms with Gasteiger partial charge in [-0.3, -0.25) is 9.59 Å². The van der Waals surface area contributed by atoms with Gasteiger partial charge in [0, 0.05) is 39.4 Å². The molecule has 6 nitrogen and oxygen atoms in total. The molecule has 4 rings (SSSR count). The number of nitrogens with zero attached hydrogens (tertiary/aromatic N) is 4. The molecular formula is C17H21F3N4O2. The third-order valence-electron chi connectivity index (χ3n) is 4.99. The fraction of sp³-hybridized carbons (Fsp3) is 0.588. The molecule has 26 heavy (non-hydrogen) atoms. The summed E-state index contributed by atoms with van der Waals surface area (Å²) in [4.78, 5) is 33.5. The lowest BCUT2D eigenvalue weighted by molar-refractivity contribution is -0.145. The van der Waals surface area contributed by atoms with Crippen molar-refractivity contribution in [1.82, 2.24) is 14.8 Å². The zero-order valence-electron chi connectivity index (χ0n) is 14.7. The maximum absolute atomic E-state index is 13.0. The number of aromatic nitrogens is 1. The third-order valence-corrected chi connectivity index (χ3v) is 4.99.